The summed E-state index contributed by atoms with van der Waals surface area (Å²) in [6.07, 6.45) is -0.483. The van der Waals surface area contributed by atoms with Crippen LogP contribution in [0.3, 0.4) is 0 Å². The summed E-state index contributed by atoms with van der Waals surface area (Å²) in [6, 6.07) is 20.7. The Bertz CT molecular complexity index is 1900. The van der Waals surface area contributed by atoms with Crippen molar-refractivity contribution in [1.82, 2.24) is 9.97 Å². The molecule has 0 aliphatic heterocycles. The van der Waals surface area contributed by atoms with Crippen molar-refractivity contribution in [2.75, 3.05) is 38.1 Å². The maximum atomic E-state index is 13.2. The van der Waals surface area contributed by atoms with Gasteiger partial charge in [0.1, 0.15) is 18.2 Å². The number of fused-ring (bicyclic) bond motifs is 1. The van der Waals surface area contributed by atoms with Crippen LogP contribution in [0.1, 0.15) is 32.6 Å². The molecule has 0 bridgehead atoms. The zero-order valence-electron chi connectivity index (χ0n) is 25.7. The van der Waals surface area contributed by atoms with Crippen molar-refractivity contribution in [3.05, 3.63) is 101 Å². The molecular formula is C34H33N5O7. The molecular weight excluding hydrogens is 590 g/mol. The first-order chi connectivity index (χ1) is 22.2. The van der Waals surface area contributed by atoms with Crippen LogP contribution in [0.2, 0.25) is 0 Å². The van der Waals surface area contributed by atoms with Crippen LogP contribution >= 0.6 is 0 Å². The lowest BCUT2D eigenvalue weighted by Crippen LogP contribution is -2.18. The van der Waals surface area contributed by atoms with Gasteiger partial charge in [0.05, 0.1) is 38.1 Å². The molecule has 5 N–H and O–H groups in total. The number of nitrogens with two attached hydrogens (primary N) is 2. The molecule has 12 heteroatoms. The minimum absolute atomic E-state index is 0.0846. The van der Waals surface area contributed by atoms with Gasteiger partial charge in [0.25, 0.3) is 0 Å². The molecule has 1 heterocycles. The molecule has 0 fully saturated rings. The van der Waals surface area contributed by atoms with E-state index in [1.54, 1.807) is 6.07 Å². The summed E-state index contributed by atoms with van der Waals surface area (Å²) in [6.45, 7) is 2.05. The Morgan fingerprint density at radius 3 is 2.24 bits per heavy atom. The van der Waals surface area contributed by atoms with E-state index in [0.717, 1.165) is 16.7 Å². The molecule has 236 valence electrons. The van der Waals surface area contributed by atoms with Gasteiger partial charge in [0.15, 0.2) is 11.5 Å². The van der Waals surface area contributed by atoms with Crippen LogP contribution in [-0.4, -0.2) is 43.4 Å². The van der Waals surface area contributed by atoms with E-state index in [1.165, 1.54) is 45.6 Å². The Balaban J connectivity index is 1.39. The number of aromatic nitrogens is 2. The summed E-state index contributed by atoms with van der Waals surface area (Å²) < 4.78 is 27.8. The summed E-state index contributed by atoms with van der Waals surface area (Å²) >= 11 is 0. The summed E-state index contributed by atoms with van der Waals surface area (Å²) in [7, 11) is 4.47. The lowest BCUT2D eigenvalue weighted by molar-refractivity contribution is 0.0472. The zero-order chi connectivity index (χ0) is 32.8. The van der Waals surface area contributed by atoms with Crippen molar-refractivity contribution in [3.63, 3.8) is 0 Å². The zero-order valence-corrected chi connectivity index (χ0v) is 25.7. The van der Waals surface area contributed by atoms with Crippen molar-refractivity contribution in [2.24, 2.45) is 0 Å². The first-order valence-corrected chi connectivity index (χ1v) is 14.1. The number of carbonyl (C=O) groups is 2. The number of carbonyl (C=O) groups excluding carboxylic acids is 2. The van der Waals surface area contributed by atoms with Gasteiger partial charge < -0.3 is 35.2 Å². The quantitative estimate of drug-likeness (QED) is 0.163. The second kappa shape index (κ2) is 13.7. The van der Waals surface area contributed by atoms with E-state index in [0.29, 0.717) is 51.4 Å². The smallest absolute Gasteiger partial charge is 0.417 e. The largest absolute Gasteiger partial charge is 0.493 e. The Hall–Kier alpha value is -6.04. The number of rotatable bonds is 10. The fourth-order valence-corrected chi connectivity index (χ4v) is 5.08. The van der Waals surface area contributed by atoms with E-state index < -0.39 is 12.1 Å². The molecule has 0 saturated heterocycles. The van der Waals surface area contributed by atoms with E-state index in [1.807, 2.05) is 49.4 Å². The van der Waals surface area contributed by atoms with Crippen molar-refractivity contribution >= 4 is 40.4 Å². The van der Waals surface area contributed by atoms with Gasteiger partial charge in [0.2, 0.25) is 11.7 Å². The molecule has 0 aliphatic carbocycles. The van der Waals surface area contributed by atoms with Gasteiger partial charge >= 0.3 is 12.1 Å². The van der Waals surface area contributed by atoms with E-state index >= 15 is 0 Å². The van der Waals surface area contributed by atoms with Crippen LogP contribution in [0.5, 0.6) is 23.0 Å². The number of benzene rings is 4. The third kappa shape index (κ3) is 6.70. The Kier molecular flexibility index (Phi) is 9.36. The molecule has 46 heavy (non-hydrogen) atoms. The molecule has 0 radical (unpaired) electrons. The number of nitrogen functional groups attached to an aromatic ring is 2. The third-order valence-electron chi connectivity index (χ3n) is 7.33. The van der Waals surface area contributed by atoms with Crippen molar-refractivity contribution in [1.29, 1.82) is 0 Å². The Labute approximate surface area is 265 Å². The topological polar surface area (TPSA) is 170 Å². The van der Waals surface area contributed by atoms with E-state index in [9.17, 15) is 9.59 Å². The molecule has 0 saturated carbocycles. The Morgan fingerprint density at radius 1 is 0.848 bits per heavy atom. The molecule has 4 aromatic carbocycles. The summed E-state index contributed by atoms with van der Waals surface area (Å²) in [5.74, 6) is 1.10. The highest BCUT2D eigenvalue weighted by Crippen LogP contribution is 2.45. The number of hydrogen-bond acceptors (Lipinski definition) is 11. The van der Waals surface area contributed by atoms with Crippen LogP contribution in [0.25, 0.3) is 10.9 Å². The summed E-state index contributed by atoms with van der Waals surface area (Å²) in [5, 5.41) is 3.47. The fourth-order valence-electron chi connectivity index (χ4n) is 5.08. The third-order valence-corrected chi connectivity index (χ3v) is 7.33. The fraction of sp³-hybridized carbons (Fsp3) is 0.176. The van der Waals surface area contributed by atoms with Gasteiger partial charge in [-0.25, -0.2) is 14.6 Å². The Morgan fingerprint density at radius 2 is 1.57 bits per heavy atom. The SMILES string of the molecule is COc1cc(NC(=O)Oc2ccc(C(=O)OCc3ccccc3)cc2)c(Cc2ccc3nc(N)nc(N)c3c2C)c(OC)c1OC. The van der Waals surface area contributed by atoms with E-state index in [-0.39, 0.29) is 24.1 Å². The maximum Gasteiger partial charge on any atom is 0.417 e. The number of ether oxygens (including phenoxy) is 5. The van der Waals surface area contributed by atoms with Crippen LogP contribution in [-0.2, 0) is 17.8 Å². The van der Waals surface area contributed by atoms with Crippen molar-refractivity contribution in [2.45, 2.75) is 20.0 Å². The van der Waals surface area contributed by atoms with Crippen LogP contribution in [0.15, 0.2) is 72.8 Å². The second-order valence-corrected chi connectivity index (χ2v) is 10.2. The number of amides is 1. The maximum absolute atomic E-state index is 13.2. The van der Waals surface area contributed by atoms with E-state index in [2.05, 4.69) is 15.3 Å². The molecule has 0 spiro atoms. The minimum Gasteiger partial charge on any atom is -0.493 e. The number of hydrogen-bond donors (Lipinski definition) is 3. The van der Waals surface area contributed by atoms with Crippen molar-refractivity contribution < 1.29 is 33.3 Å². The average molecular weight is 624 g/mol. The number of anilines is 3. The van der Waals surface area contributed by atoms with Gasteiger partial charge in [-0.15, -0.1) is 0 Å². The average Bonchev–Trinajstić information content (AvgIpc) is 3.05. The standard InChI is InChI=1S/C34H33N5O7/c1-19-22(12-15-25-28(19)31(35)39-33(36)37-25)16-24-26(17-27(42-2)30(44-4)29(24)43-3)38-34(41)46-23-13-10-21(11-14-23)32(40)45-18-20-8-6-5-7-9-20/h5-15,17H,16,18H2,1-4H3,(H,38,41)(H4,35,36,37,39). The first-order valence-electron chi connectivity index (χ1n) is 14.1. The monoisotopic (exact) mass is 623 g/mol. The van der Waals surface area contributed by atoms with Gasteiger partial charge in [0, 0.05) is 23.4 Å². The molecule has 1 aromatic heterocycles. The van der Waals surface area contributed by atoms with Crippen LogP contribution in [0, 0.1) is 6.92 Å². The first kappa shape index (κ1) is 31.4. The van der Waals surface area contributed by atoms with Gasteiger partial charge in [-0.05, 0) is 53.9 Å². The minimum atomic E-state index is -0.779. The highest BCUT2D eigenvalue weighted by atomic mass is 16.6. The predicted octanol–water partition coefficient (Wildman–Crippen LogP) is 5.69. The molecule has 5 aromatic rings. The highest BCUT2D eigenvalue weighted by Gasteiger charge is 2.24. The number of nitrogens with one attached hydrogen (secondary N) is 1. The lowest BCUT2D eigenvalue weighted by atomic mass is 9.95. The molecule has 1 amide bonds. The molecule has 0 aliphatic rings. The predicted molar refractivity (Wildman–Crippen MR) is 174 cm³/mol. The molecule has 12 nitrogen and oxygen atoms in total. The number of aryl methyl sites for hydroxylation is 1. The van der Waals surface area contributed by atoms with E-state index in [4.69, 9.17) is 35.2 Å². The number of methoxy groups -OCH3 is 3. The van der Waals surface area contributed by atoms with Crippen LogP contribution < -0.4 is 35.7 Å². The normalized spacial score (nSPS) is 10.7. The molecule has 0 unspecified atom stereocenters. The summed E-state index contributed by atoms with van der Waals surface area (Å²) in [5.41, 5.74) is 16.4. The van der Waals surface area contributed by atoms with Gasteiger partial charge in [-0.1, -0.05) is 36.4 Å². The second-order valence-electron chi connectivity index (χ2n) is 10.2. The number of esters is 1. The number of nitrogens with zero attached hydrogens (tertiary/aromatic N) is 2. The van der Waals surface area contributed by atoms with Crippen LogP contribution in [0.4, 0.5) is 22.2 Å². The molecule has 0 atom stereocenters. The lowest BCUT2D eigenvalue weighted by Gasteiger charge is -2.21. The van der Waals surface area contributed by atoms with Gasteiger partial charge in [-0.3, -0.25) is 5.32 Å². The molecule has 5 rings (SSSR count). The summed E-state index contributed by atoms with van der Waals surface area (Å²) in [4.78, 5) is 34.0. The highest BCUT2D eigenvalue weighted by molar-refractivity contribution is 5.93. The van der Waals surface area contributed by atoms with Crippen molar-refractivity contribution in [3.8, 4) is 23.0 Å². The van der Waals surface area contributed by atoms with Gasteiger partial charge in [-0.2, -0.15) is 4.98 Å².